The minimum atomic E-state index is -0.320. The van der Waals surface area contributed by atoms with Gasteiger partial charge in [0.25, 0.3) is 0 Å². The maximum absolute atomic E-state index is 11.0. The van der Waals surface area contributed by atoms with Crippen LogP contribution in [-0.4, -0.2) is 17.7 Å². The molecule has 1 aliphatic carbocycles. The van der Waals surface area contributed by atoms with Gasteiger partial charge in [-0.1, -0.05) is 13.3 Å². The summed E-state index contributed by atoms with van der Waals surface area (Å²) >= 11 is 0. The Bertz CT molecular complexity index is 196. The smallest absolute Gasteiger partial charge is 0.243 e. The lowest BCUT2D eigenvalue weighted by Gasteiger charge is -2.26. The third kappa shape index (κ3) is 2.42. The van der Waals surface area contributed by atoms with E-state index in [1.807, 2.05) is 0 Å². The van der Waals surface area contributed by atoms with Crippen LogP contribution in [0.15, 0.2) is 0 Å². The molecule has 13 heavy (non-hydrogen) atoms. The van der Waals surface area contributed by atoms with E-state index in [-0.39, 0.29) is 11.3 Å². The number of hydroxylamine groups is 1. The molecule has 1 amide bonds. The van der Waals surface area contributed by atoms with Crippen LogP contribution in [0.5, 0.6) is 0 Å². The van der Waals surface area contributed by atoms with Crippen LogP contribution < -0.4 is 11.2 Å². The zero-order valence-electron chi connectivity index (χ0n) is 8.05. The molecule has 4 heteroatoms. The largest absolute Gasteiger partial charge is 0.330 e. The first-order chi connectivity index (χ1) is 6.12. The molecule has 1 aliphatic rings. The van der Waals surface area contributed by atoms with Gasteiger partial charge >= 0.3 is 0 Å². The molecule has 0 unspecified atom stereocenters. The number of amides is 1. The Labute approximate surface area is 78.5 Å². The second-order valence-corrected chi connectivity index (χ2v) is 4.26. The fourth-order valence-corrected chi connectivity index (χ4v) is 2.29. The van der Waals surface area contributed by atoms with Gasteiger partial charge in [0, 0.05) is 6.42 Å². The van der Waals surface area contributed by atoms with Gasteiger partial charge in [-0.2, -0.15) is 0 Å². The molecule has 4 nitrogen and oxygen atoms in total. The van der Waals surface area contributed by atoms with Crippen molar-refractivity contribution in [3.05, 3.63) is 0 Å². The Morgan fingerprint density at radius 2 is 2.46 bits per heavy atom. The zero-order chi connectivity index (χ0) is 9.90. The summed E-state index contributed by atoms with van der Waals surface area (Å²) in [6.07, 6.45) is 3.48. The normalized spacial score (nSPS) is 33.3. The first-order valence-electron chi connectivity index (χ1n) is 4.75. The molecule has 0 spiro atoms. The molecule has 0 heterocycles. The highest BCUT2D eigenvalue weighted by atomic mass is 16.5. The summed E-state index contributed by atoms with van der Waals surface area (Å²) in [5.74, 6) is 0.328. The maximum atomic E-state index is 11.0. The number of carbonyl (C=O) groups excluding carboxylic acids is 1. The number of nitrogens with one attached hydrogen (secondary N) is 1. The van der Waals surface area contributed by atoms with Gasteiger partial charge < -0.3 is 5.73 Å². The standard InChI is InChI=1S/C9H18N2O2/c1-7-2-3-9(4-7,6-10)5-8(12)11-13/h7,13H,2-6,10H2,1H3,(H,11,12)/t7-,9+/m1/s1. The van der Waals surface area contributed by atoms with E-state index in [4.69, 9.17) is 10.9 Å². The molecule has 0 aliphatic heterocycles. The van der Waals surface area contributed by atoms with E-state index in [2.05, 4.69) is 6.92 Å². The molecule has 0 aromatic heterocycles. The molecule has 1 saturated carbocycles. The van der Waals surface area contributed by atoms with Crippen LogP contribution in [0.4, 0.5) is 0 Å². The second kappa shape index (κ2) is 4.07. The third-order valence-corrected chi connectivity index (χ3v) is 3.04. The van der Waals surface area contributed by atoms with Gasteiger partial charge in [0.1, 0.15) is 0 Å². The van der Waals surface area contributed by atoms with Crippen molar-refractivity contribution in [2.45, 2.75) is 32.6 Å². The third-order valence-electron chi connectivity index (χ3n) is 3.04. The molecule has 1 fully saturated rings. The SMILES string of the molecule is C[C@@H]1CC[C@@](CN)(CC(=O)NO)C1. The summed E-state index contributed by atoms with van der Waals surface area (Å²) in [5.41, 5.74) is 7.28. The van der Waals surface area contributed by atoms with Gasteiger partial charge in [0.2, 0.25) is 5.91 Å². The van der Waals surface area contributed by atoms with E-state index >= 15 is 0 Å². The van der Waals surface area contributed by atoms with E-state index in [0.29, 0.717) is 18.9 Å². The Morgan fingerprint density at radius 1 is 1.77 bits per heavy atom. The Balaban J connectivity index is 2.55. The average molecular weight is 186 g/mol. The van der Waals surface area contributed by atoms with E-state index in [1.54, 1.807) is 5.48 Å². The van der Waals surface area contributed by atoms with Crippen molar-refractivity contribution in [1.82, 2.24) is 5.48 Å². The van der Waals surface area contributed by atoms with Crippen molar-refractivity contribution in [3.8, 4) is 0 Å². The van der Waals surface area contributed by atoms with Crippen molar-refractivity contribution >= 4 is 5.91 Å². The van der Waals surface area contributed by atoms with E-state index in [1.165, 1.54) is 0 Å². The van der Waals surface area contributed by atoms with Crippen LogP contribution >= 0.6 is 0 Å². The lowest BCUT2D eigenvalue weighted by Crippen LogP contribution is -2.34. The minimum Gasteiger partial charge on any atom is -0.330 e. The monoisotopic (exact) mass is 186 g/mol. The van der Waals surface area contributed by atoms with Gasteiger partial charge in [-0.25, -0.2) is 5.48 Å². The molecule has 0 aromatic carbocycles. The lowest BCUT2D eigenvalue weighted by atomic mass is 9.82. The topological polar surface area (TPSA) is 75.4 Å². The predicted molar refractivity (Wildman–Crippen MR) is 49.0 cm³/mol. The molecule has 76 valence electrons. The number of hydrogen-bond donors (Lipinski definition) is 3. The molecule has 0 bridgehead atoms. The summed E-state index contributed by atoms with van der Waals surface area (Å²) in [7, 11) is 0. The van der Waals surface area contributed by atoms with Crippen LogP contribution in [0.2, 0.25) is 0 Å². The van der Waals surface area contributed by atoms with E-state index in [9.17, 15) is 4.79 Å². The first-order valence-corrected chi connectivity index (χ1v) is 4.75. The van der Waals surface area contributed by atoms with Crippen molar-refractivity contribution < 1.29 is 10.0 Å². The predicted octanol–water partition coefficient (Wildman–Crippen LogP) is 0.647. The van der Waals surface area contributed by atoms with Gasteiger partial charge in [-0.05, 0) is 30.7 Å². The molecule has 0 aromatic rings. The van der Waals surface area contributed by atoms with Gasteiger partial charge in [0.15, 0.2) is 0 Å². The summed E-state index contributed by atoms with van der Waals surface area (Å²) in [5, 5.41) is 8.43. The average Bonchev–Trinajstić information content (AvgIpc) is 2.48. The van der Waals surface area contributed by atoms with Crippen molar-refractivity contribution in [1.29, 1.82) is 0 Å². The van der Waals surface area contributed by atoms with E-state index < -0.39 is 0 Å². The molecule has 2 atom stereocenters. The molecule has 0 saturated heterocycles. The number of hydrogen-bond acceptors (Lipinski definition) is 3. The Morgan fingerprint density at radius 3 is 2.85 bits per heavy atom. The fourth-order valence-electron chi connectivity index (χ4n) is 2.29. The highest BCUT2D eigenvalue weighted by Gasteiger charge is 2.37. The minimum absolute atomic E-state index is 0.0633. The summed E-state index contributed by atoms with van der Waals surface area (Å²) in [6.45, 7) is 2.71. The second-order valence-electron chi connectivity index (χ2n) is 4.26. The Hall–Kier alpha value is -0.610. The van der Waals surface area contributed by atoms with Crippen LogP contribution in [0.3, 0.4) is 0 Å². The van der Waals surface area contributed by atoms with Gasteiger partial charge in [-0.3, -0.25) is 10.0 Å². The molecular formula is C9H18N2O2. The maximum Gasteiger partial charge on any atom is 0.243 e. The quantitative estimate of drug-likeness (QED) is 0.447. The molecule has 1 rings (SSSR count). The lowest BCUT2D eigenvalue weighted by molar-refractivity contribution is -0.131. The first kappa shape index (κ1) is 10.5. The Kier molecular flexibility index (Phi) is 3.27. The number of rotatable bonds is 3. The van der Waals surface area contributed by atoms with E-state index in [0.717, 1.165) is 19.3 Å². The van der Waals surface area contributed by atoms with Crippen LogP contribution in [0.1, 0.15) is 32.6 Å². The molecular weight excluding hydrogens is 168 g/mol. The van der Waals surface area contributed by atoms with Crippen LogP contribution in [-0.2, 0) is 4.79 Å². The van der Waals surface area contributed by atoms with Crippen molar-refractivity contribution in [2.24, 2.45) is 17.1 Å². The van der Waals surface area contributed by atoms with Crippen molar-refractivity contribution in [3.63, 3.8) is 0 Å². The van der Waals surface area contributed by atoms with Crippen LogP contribution in [0, 0.1) is 11.3 Å². The van der Waals surface area contributed by atoms with Crippen molar-refractivity contribution in [2.75, 3.05) is 6.54 Å². The highest BCUT2D eigenvalue weighted by molar-refractivity contribution is 5.75. The molecule has 0 radical (unpaired) electrons. The zero-order valence-corrected chi connectivity index (χ0v) is 8.05. The summed E-state index contributed by atoms with van der Waals surface area (Å²) < 4.78 is 0. The summed E-state index contributed by atoms with van der Waals surface area (Å²) in [6, 6.07) is 0. The summed E-state index contributed by atoms with van der Waals surface area (Å²) in [4.78, 5) is 11.0. The van der Waals surface area contributed by atoms with Gasteiger partial charge in [-0.15, -0.1) is 0 Å². The number of carbonyl (C=O) groups is 1. The van der Waals surface area contributed by atoms with Crippen LogP contribution in [0.25, 0.3) is 0 Å². The number of nitrogens with two attached hydrogens (primary N) is 1. The highest BCUT2D eigenvalue weighted by Crippen LogP contribution is 2.43. The fraction of sp³-hybridized carbons (Fsp3) is 0.889. The molecule has 4 N–H and O–H groups in total. The van der Waals surface area contributed by atoms with Gasteiger partial charge in [0.05, 0.1) is 0 Å².